The van der Waals surface area contributed by atoms with Crippen LogP contribution in [0.2, 0.25) is 0 Å². The van der Waals surface area contributed by atoms with E-state index >= 15 is 0 Å². The first kappa shape index (κ1) is 30.9. The molecule has 2 aliphatic rings. The molecule has 0 radical (unpaired) electrons. The van der Waals surface area contributed by atoms with Gasteiger partial charge < -0.3 is 20.7 Å². The molecule has 3 atom stereocenters. The Morgan fingerprint density at radius 3 is 2.40 bits per heavy atom. The summed E-state index contributed by atoms with van der Waals surface area (Å²) in [7, 11) is 0. The number of carbonyl (C=O) groups is 4. The van der Waals surface area contributed by atoms with E-state index in [2.05, 4.69) is 5.32 Å². The first-order valence-corrected chi connectivity index (χ1v) is 13.5. The van der Waals surface area contributed by atoms with Crippen molar-refractivity contribution in [3.05, 3.63) is 65.0 Å². The largest absolute Gasteiger partial charge is 0.427 e. The van der Waals surface area contributed by atoms with Gasteiger partial charge in [-0.3, -0.25) is 14.4 Å². The molecule has 9 nitrogen and oxygen atoms in total. The third-order valence-electron chi connectivity index (χ3n) is 7.72. The summed E-state index contributed by atoms with van der Waals surface area (Å²) in [5, 5.41) is 2.74. The average Bonchev–Trinajstić information content (AvgIpc) is 3.40. The summed E-state index contributed by atoms with van der Waals surface area (Å²) < 4.78 is 59.6. The van der Waals surface area contributed by atoms with Crippen molar-refractivity contribution in [1.29, 1.82) is 0 Å². The van der Waals surface area contributed by atoms with Crippen LogP contribution < -0.4 is 11.1 Å². The number of rotatable bonds is 9. The van der Waals surface area contributed by atoms with Gasteiger partial charge in [0.1, 0.15) is 11.9 Å². The summed E-state index contributed by atoms with van der Waals surface area (Å²) in [5.41, 5.74) is 6.12. The van der Waals surface area contributed by atoms with E-state index in [0.29, 0.717) is 28.1 Å². The summed E-state index contributed by atoms with van der Waals surface area (Å²) in [6, 6.07) is 6.63. The zero-order valence-corrected chi connectivity index (χ0v) is 23.3. The van der Waals surface area contributed by atoms with E-state index in [1.165, 1.54) is 12.1 Å². The lowest BCUT2D eigenvalue weighted by molar-refractivity contribution is -0.187. The lowest BCUT2D eigenvalue weighted by atomic mass is 9.94. The summed E-state index contributed by atoms with van der Waals surface area (Å²) in [6.07, 6.45) is -5.84. The smallest absolute Gasteiger partial charge is 0.418 e. The number of halogens is 4. The van der Waals surface area contributed by atoms with Gasteiger partial charge >= 0.3 is 12.3 Å². The fraction of sp³-hybridized carbons (Fsp3) is 0.448. The molecule has 1 fully saturated rings. The van der Waals surface area contributed by atoms with Crippen LogP contribution >= 0.6 is 0 Å². The summed E-state index contributed by atoms with van der Waals surface area (Å²) >= 11 is 0. The minimum absolute atomic E-state index is 0.0808. The second kappa shape index (κ2) is 11.7. The van der Waals surface area contributed by atoms with Gasteiger partial charge in [-0.25, -0.2) is 14.1 Å². The molecule has 4 rings (SSSR count). The molecule has 2 aromatic rings. The van der Waals surface area contributed by atoms with Crippen molar-refractivity contribution in [3.8, 4) is 0 Å². The number of hydrogen-bond donors (Lipinski definition) is 2. The summed E-state index contributed by atoms with van der Waals surface area (Å²) in [4.78, 5) is 52.9. The predicted molar refractivity (Wildman–Crippen MR) is 143 cm³/mol. The van der Waals surface area contributed by atoms with E-state index in [0.717, 1.165) is 24.0 Å². The van der Waals surface area contributed by atoms with Gasteiger partial charge in [-0.1, -0.05) is 32.0 Å². The fourth-order valence-electron chi connectivity index (χ4n) is 5.07. The Hall–Kier alpha value is -4.00. The Balaban J connectivity index is 1.47. The molecule has 1 saturated heterocycles. The molecule has 2 aromatic carbocycles. The van der Waals surface area contributed by atoms with Gasteiger partial charge in [0.15, 0.2) is 0 Å². The van der Waals surface area contributed by atoms with Crippen LogP contribution in [0.15, 0.2) is 42.5 Å². The van der Waals surface area contributed by atoms with Crippen LogP contribution in [0.4, 0.5) is 28.0 Å². The molecule has 42 heavy (non-hydrogen) atoms. The Morgan fingerprint density at radius 2 is 1.79 bits per heavy atom. The van der Waals surface area contributed by atoms with E-state index < -0.39 is 67.1 Å². The van der Waals surface area contributed by atoms with E-state index in [4.69, 9.17) is 10.5 Å². The highest BCUT2D eigenvalue weighted by atomic mass is 19.4. The lowest BCUT2D eigenvalue weighted by Crippen LogP contribution is -2.47. The van der Waals surface area contributed by atoms with Gasteiger partial charge in [0.25, 0.3) is 5.91 Å². The number of nitrogens with two attached hydrogens (primary N) is 1. The average molecular weight is 593 g/mol. The normalized spacial score (nSPS) is 19.6. The third-order valence-corrected chi connectivity index (χ3v) is 7.72. The first-order valence-electron chi connectivity index (χ1n) is 13.5. The van der Waals surface area contributed by atoms with Crippen LogP contribution in [-0.2, 0) is 37.7 Å². The molecule has 1 heterocycles. The number of aryl methyl sites for hydroxylation is 1. The van der Waals surface area contributed by atoms with Crippen LogP contribution in [0.3, 0.4) is 0 Å². The monoisotopic (exact) mass is 592 g/mol. The molecular formula is C29H32F4N4O5. The van der Waals surface area contributed by atoms with Gasteiger partial charge in [-0.05, 0) is 54.7 Å². The number of alkyl halides is 3. The number of nitrogens with one attached hydrogen (secondary N) is 1. The summed E-state index contributed by atoms with van der Waals surface area (Å²) in [6.45, 7) is 3.52. The Kier molecular flexibility index (Phi) is 8.63. The molecule has 3 N–H and O–H groups in total. The van der Waals surface area contributed by atoms with E-state index in [-0.39, 0.29) is 23.8 Å². The Morgan fingerprint density at radius 1 is 1.12 bits per heavy atom. The van der Waals surface area contributed by atoms with E-state index in [1.807, 2.05) is 13.8 Å². The highest BCUT2D eigenvalue weighted by molar-refractivity contribution is 6.04. The Bertz CT molecular complexity index is 1380. The van der Waals surface area contributed by atoms with Crippen molar-refractivity contribution < 1.29 is 41.5 Å². The van der Waals surface area contributed by atoms with Gasteiger partial charge in [0.2, 0.25) is 17.4 Å². The fourth-order valence-corrected chi connectivity index (χ4v) is 5.07. The molecular weight excluding hydrogens is 560 g/mol. The number of fused-ring (bicyclic) bond motifs is 2. The molecule has 4 amide bonds. The number of nitrogens with zero attached hydrogens (tertiary/aromatic N) is 2. The van der Waals surface area contributed by atoms with E-state index in [9.17, 15) is 36.7 Å². The molecule has 0 saturated carbocycles. The van der Waals surface area contributed by atoms with E-state index in [1.54, 1.807) is 18.2 Å². The van der Waals surface area contributed by atoms with Crippen LogP contribution in [0.1, 0.15) is 50.3 Å². The van der Waals surface area contributed by atoms with Crippen LogP contribution in [0.5, 0.6) is 0 Å². The van der Waals surface area contributed by atoms with Crippen molar-refractivity contribution in [1.82, 2.24) is 9.80 Å². The molecule has 1 aliphatic carbocycles. The Labute approximate surface area is 240 Å². The maximum Gasteiger partial charge on any atom is 0.418 e. The predicted octanol–water partition coefficient (Wildman–Crippen LogP) is 4.24. The SMILES string of the molecule is CC(C)[C@@H](N)C(=O)Nc1ccc2c(c1)CC[C@@]21OC(=O)N(CCC(=O)N(Cc2ccc(F)cc2)[C@@H](C)C(F)(F)F)C1=O. The maximum atomic E-state index is 13.6. The van der Waals surface area contributed by atoms with Crippen LogP contribution in [0.25, 0.3) is 0 Å². The molecule has 226 valence electrons. The second-order valence-electron chi connectivity index (χ2n) is 10.9. The van der Waals surface area contributed by atoms with Crippen molar-refractivity contribution in [3.63, 3.8) is 0 Å². The van der Waals surface area contributed by atoms with Crippen molar-refractivity contribution in [2.75, 3.05) is 11.9 Å². The number of anilines is 1. The number of hydrogen-bond acceptors (Lipinski definition) is 6. The van der Waals surface area contributed by atoms with Crippen molar-refractivity contribution >= 4 is 29.5 Å². The van der Waals surface area contributed by atoms with Gasteiger partial charge in [-0.15, -0.1) is 0 Å². The minimum Gasteiger partial charge on any atom is -0.427 e. The second-order valence-corrected chi connectivity index (χ2v) is 10.9. The molecule has 1 aliphatic heterocycles. The lowest BCUT2D eigenvalue weighted by Gasteiger charge is -2.31. The van der Waals surface area contributed by atoms with Crippen molar-refractivity contribution in [2.24, 2.45) is 11.7 Å². The van der Waals surface area contributed by atoms with Gasteiger partial charge in [0.05, 0.1) is 6.04 Å². The highest BCUT2D eigenvalue weighted by Crippen LogP contribution is 2.46. The standard InChI is InChI=1S/C29H32F4N4O5/c1-16(2)24(34)25(39)35-21-8-9-22-19(14-21)10-12-28(22)26(40)36(27(41)42-28)13-11-23(38)37(17(3)29(31,32)33)15-18-4-6-20(30)7-5-18/h4-9,14,16-17,24H,10-13,15,34H2,1-3H3,(H,35,39)/t17-,24+,28+/m0/s1. The third kappa shape index (κ3) is 6.10. The number of carbonyl (C=O) groups excluding carboxylic acids is 4. The molecule has 0 aromatic heterocycles. The van der Waals surface area contributed by atoms with Crippen LogP contribution in [-0.4, -0.2) is 58.4 Å². The number of amides is 4. The number of benzene rings is 2. The molecule has 1 spiro atoms. The first-order chi connectivity index (χ1) is 19.6. The summed E-state index contributed by atoms with van der Waals surface area (Å²) in [5.74, 6) is -2.69. The zero-order valence-electron chi connectivity index (χ0n) is 23.3. The van der Waals surface area contributed by atoms with Crippen LogP contribution in [0, 0.1) is 11.7 Å². The number of ether oxygens (including phenoxy) is 1. The molecule has 0 unspecified atom stereocenters. The van der Waals surface area contributed by atoms with Crippen molar-refractivity contribution in [2.45, 2.75) is 70.4 Å². The maximum absolute atomic E-state index is 13.6. The topological polar surface area (TPSA) is 122 Å². The highest BCUT2D eigenvalue weighted by Gasteiger charge is 2.58. The minimum atomic E-state index is -4.74. The zero-order chi connectivity index (χ0) is 31.0. The molecule has 13 heteroatoms. The number of imide groups is 1. The van der Waals surface area contributed by atoms with Gasteiger partial charge in [0, 0.05) is 37.2 Å². The molecule has 0 bridgehead atoms. The quantitative estimate of drug-likeness (QED) is 0.420. The van der Waals surface area contributed by atoms with Gasteiger partial charge in [-0.2, -0.15) is 13.2 Å².